The third kappa shape index (κ3) is 6.27. The van der Waals surface area contributed by atoms with E-state index in [1.54, 1.807) is 0 Å². The normalized spacial score (nSPS) is 11.5. The Morgan fingerprint density at radius 2 is 2.06 bits per heavy atom. The highest BCUT2D eigenvalue weighted by Gasteiger charge is 2.08. The van der Waals surface area contributed by atoms with E-state index in [0.29, 0.717) is 13.0 Å². The molecule has 0 aromatic heterocycles. The van der Waals surface area contributed by atoms with E-state index < -0.39 is 0 Å². The second-order valence-corrected chi connectivity index (χ2v) is 5.14. The molecule has 1 aromatic carbocycles. The van der Waals surface area contributed by atoms with Gasteiger partial charge in [0.05, 0.1) is 13.3 Å². The maximum Gasteiger partial charge on any atom is 0.119 e. The van der Waals surface area contributed by atoms with E-state index in [9.17, 15) is 4.39 Å². The van der Waals surface area contributed by atoms with Gasteiger partial charge >= 0.3 is 0 Å². The van der Waals surface area contributed by atoms with Crippen LogP contribution in [0.4, 0.5) is 4.39 Å². The summed E-state index contributed by atoms with van der Waals surface area (Å²) in [5.74, 6) is 0.812. The largest absolute Gasteiger partial charge is 0.493 e. The van der Waals surface area contributed by atoms with Crippen molar-refractivity contribution in [3.05, 3.63) is 29.8 Å². The molecule has 1 N–H and O–H groups in total. The zero-order valence-electron chi connectivity index (χ0n) is 10.9. The molecule has 0 saturated heterocycles. The summed E-state index contributed by atoms with van der Waals surface area (Å²) in [5, 5.41) is 3.42. The predicted octanol–water partition coefficient (Wildman–Crippen LogP) is 3.31. The van der Waals surface area contributed by atoms with Crippen LogP contribution in [-0.4, -0.2) is 18.8 Å². The maximum atomic E-state index is 11.9. The van der Waals surface area contributed by atoms with Gasteiger partial charge in [-0.2, -0.15) is 0 Å². The summed E-state index contributed by atoms with van der Waals surface area (Å²) in [6, 6.07) is 7.92. The Kier molecular flexibility index (Phi) is 5.42. The highest BCUT2D eigenvalue weighted by atomic mass is 19.1. The van der Waals surface area contributed by atoms with E-state index in [0.717, 1.165) is 12.3 Å². The molecular formula is C14H22FNO. The monoisotopic (exact) mass is 239 g/mol. The molecule has 17 heavy (non-hydrogen) atoms. The Labute approximate surface area is 103 Å². The molecular weight excluding hydrogens is 217 g/mol. The lowest BCUT2D eigenvalue weighted by Crippen LogP contribution is -2.35. The number of alkyl halides is 1. The third-order valence-electron chi connectivity index (χ3n) is 2.27. The van der Waals surface area contributed by atoms with Crippen LogP contribution in [-0.2, 0) is 6.54 Å². The fraction of sp³-hybridized carbons (Fsp3) is 0.571. The van der Waals surface area contributed by atoms with E-state index in [-0.39, 0.29) is 12.2 Å². The third-order valence-corrected chi connectivity index (χ3v) is 2.27. The minimum absolute atomic E-state index is 0.102. The summed E-state index contributed by atoms with van der Waals surface area (Å²) in [7, 11) is 0. The number of nitrogens with one attached hydrogen (secondary N) is 1. The van der Waals surface area contributed by atoms with E-state index in [1.807, 2.05) is 18.2 Å². The standard InChI is InChI=1S/C14H22FNO/c1-14(2,3)16-11-12-6-4-7-13(10-12)17-9-5-8-15/h4,6-7,10,16H,5,8-9,11H2,1-3H3. The average molecular weight is 239 g/mol. The molecule has 0 amide bonds. The molecule has 1 rings (SSSR count). The Bertz CT molecular complexity index is 333. The smallest absolute Gasteiger partial charge is 0.119 e. The summed E-state index contributed by atoms with van der Waals surface area (Å²) in [6.45, 7) is 7.32. The molecule has 0 aliphatic rings. The van der Waals surface area contributed by atoms with Gasteiger partial charge in [0.25, 0.3) is 0 Å². The second-order valence-electron chi connectivity index (χ2n) is 5.14. The van der Waals surface area contributed by atoms with Gasteiger partial charge in [-0.15, -0.1) is 0 Å². The zero-order valence-corrected chi connectivity index (χ0v) is 10.9. The van der Waals surface area contributed by atoms with Crippen molar-refractivity contribution in [2.24, 2.45) is 0 Å². The van der Waals surface area contributed by atoms with E-state index in [4.69, 9.17) is 4.74 Å². The molecule has 0 unspecified atom stereocenters. The molecule has 2 nitrogen and oxygen atoms in total. The van der Waals surface area contributed by atoms with Crippen LogP contribution < -0.4 is 10.1 Å². The van der Waals surface area contributed by atoms with Crippen LogP contribution in [0.5, 0.6) is 5.75 Å². The molecule has 1 aromatic rings. The first-order valence-corrected chi connectivity index (χ1v) is 6.04. The zero-order chi connectivity index (χ0) is 12.7. The van der Waals surface area contributed by atoms with E-state index >= 15 is 0 Å². The number of halogens is 1. The van der Waals surface area contributed by atoms with Gasteiger partial charge in [0, 0.05) is 18.5 Å². The topological polar surface area (TPSA) is 21.3 Å². The van der Waals surface area contributed by atoms with Crippen molar-refractivity contribution in [1.82, 2.24) is 5.32 Å². The van der Waals surface area contributed by atoms with Crippen molar-refractivity contribution in [2.45, 2.75) is 39.3 Å². The molecule has 0 radical (unpaired) electrons. The average Bonchev–Trinajstić information content (AvgIpc) is 2.27. The van der Waals surface area contributed by atoms with Crippen LogP contribution in [0.2, 0.25) is 0 Å². The lowest BCUT2D eigenvalue weighted by atomic mass is 10.1. The molecule has 0 atom stereocenters. The second kappa shape index (κ2) is 6.60. The van der Waals surface area contributed by atoms with Crippen molar-refractivity contribution in [3.8, 4) is 5.75 Å². The van der Waals surface area contributed by atoms with Gasteiger partial charge in [-0.25, -0.2) is 0 Å². The van der Waals surface area contributed by atoms with Crippen molar-refractivity contribution >= 4 is 0 Å². The Morgan fingerprint density at radius 3 is 2.71 bits per heavy atom. The van der Waals surface area contributed by atoms with Gasteiger partial charge < -0.3 is 10.1 Å². The van der Waals surface area contributed by atoms with Crippen LogP contribution in [0.25, 0.3) is 0 Å². The van der Waals surface area contributed by atoms with Crippen LogP contribution in [0.1, 0.15) is 32.8 Å². The first-order valence-electron chi connectivity index (χ1n) is 6.04. The number of hydrogen-bond acceptors (Lipinski definition) is 2. The summed E-state index contributed by atoms with van der Waals surface area (Å²) in [4.78, 5) is 0. The van der Waals surface area contributed by atoms with Gasteiger partial charge in [0.2, 0.25) is 0 Å². The van der Waals surface area contributed by atoms with E-state index in [1.165, 1.54) is 5.56 Å². The van der Waals surface area contributed by atoms with Crippen molar-refractivity contribution in [3.63, 3.8) is 0 Å². The van der Waals surface area contributed by atoms with Gasteiger partial charge in [-0.05, 0) is 38.5 Å². The van der Waals surface area contributed by atoms with E-state index in [2.05, 4.69) is 32.2 Å². The molecule has 0 aliphatic heterocycles. The molecule has 0 fully saturated rings. The lowest BCUT2D eigenvalue weighted by Gasteiger charge is -2.20. The van der Waals surface area contributed by atoms with Gasteiger partial charge in [-0.3, -0.25) is 4.39 Å². The van der Waals surface area contributed by atoms with Crippen LogP contribution in [0.3, 0.4) is 0 Å². The highest BCUT2D eigenvalue weighted by Crippen LogP contribution is 2.14. The van der Waals surface area contributed by atoms with Crippen molar-refractivity contribution < 1.29 is 9.13 Å². The fourth-order valence-electron chi connectivity index (χ4n) is 1.36. The SMILES string of the molecule is CC(C)(C)NCc1cccc(OCCCF)c1. The first kappa shape index (κ1) is 14.0. The molecule has 3 heteroatoms. The summed E-state index contributed by atoms with van der Waals surface area (Å²) < 4.78 is 17.4. The quantitative estimate of drug-likeness (QED) is 0.769. The summed E-state index contributed by atoms with van der Waals surface area (Å²) >= 11 is 0. The highest BCUT2D eigenvalue weighted by molar-refractivity contribution is 5.28. The van der Waals surface area contributed by atoms with Crippen molar-refractivity contribution in [1.29, 1.82) is 0 Å². The Hall–Kier alpha value is -1.09. The molecule has 0 spiro atoms. The van der Waals surface area contributed by atoms with Crippen LogP contribution in [0, 0.1) is 0 Å². The number of hydrogen-bond donors (Lipinski definition) is 1. The van der Waals surface area contributed by atoms with Gasteiger partial charge in [-0.1, -0.05) is 12.1 Å². The molecule has 0 bridgehead atoms. The first-order chi connectivity index (χ1) is 8.01. The lowest BCUT2D eigenvalue weighted by molar-refractivity contribution is 0.289. The summed E-state index contributed by atoms with van der Waals surface area (Å²) in [6.07, 6.45) is 0.449. The minimum atomic E-state index is -0.328. The number of rotatable bonds is 6. The molecule has 96 valence electrons. The minimum Gasteiger partial charge on any atom is -0.493 e. The summed E-state index contributed by atoms with van der Waals surface area (Å²) in [5.41, 5.74) is 1.28. The number of benzene rings is 1. The van der Waals surface area contributed by atoms with Crippen molar-refractivity contribution in [2.75, 3.05) is 13.3 Å². The van der Waals surface area contributed by atoms with Gasteiger partial charge in [0.15, 0.2) is 0 Å². The maximum absolute atomic E-state index is 11.9. The van der Waals surface area contributed by atoms with Crippen LogP contribution in [0.15, 0.2) is 24.3 Å². The number of ether oxygens (including phenoxy) is 1. The Morgan fingerprint density at radius 1 is 1.29 bits per heavy atom. The van der Waals surface area contributed by atoms with Gasteiger partial charge in [0.1, 0.15) is 5.75 Å². The van der Waals surface area contributed by atoms with Crippen LogP contribution >= 0.6 is 0 Å². The molecule has 0 heterocycles. The molecule has 0 aliphatic carbocycles. The Balaban J connectivity index is 2.48. The molecule has 0 saturated carbocycles. The predicted molar refractivity (Wildman–Crippen MR) is 69.1 cm³/mol. The fourth-order valence-corrected chi connectivity index (χ4v) is 1.36.